The van der Waals surface area contributed by atoms with Gasteiger partial charge >= 0.3 is 12.1 Å². The van der Waals surface area contributed by atoms with Gasteiger partial charge < -0.3 is 10.1 Å². The van der Waals surface area contributed by atoms with Crippen LogP contribution in [0.15, 0.2) is 48.6 Å². The highest BCUT2D eigenvalue weighted by atomic mass is 19.4. The number of rotatable bonds is 2. The number of aryl methyl sites for hydroxylation is 1. The fourth-order valence-electron chi connectivity index (χ4n) is 4.48. The number of methoxy groups -OCH3 is 1. The zero-order chi connectivity index (χ0) is 20.1. The number of ether oxygens (including phenoxy) is 1. The minimum Gasteiger partial charge on any atom is -0.465 e. The van der Waals surface area contributed by atoms with Crippen molar-refractivity contribution in [2.24, 2.45) is 5.92 Å². The van der Waals surface area contributed by atoms with Crippen LogP contribution in [-0.2, 0) is 10.9 Å². The van der Waals surface area contributed by atoms with Gasteiger partial charge in [0.1, 0.15) is 0 Å². The third-order valence-corrected chi connectivity index (χ3v) is 5.73. The molecule has 1 N–H and O–H groups in total. The monoisotopic (exact) mass is 387 g/mol. The van der Waals surface area contributed by atoms with Gasteiger partial charge in [-0.25, -0.2) is 4.79 Å². The van der Waals surface area contributed by atoms with E-state index in [1.165, 1.54) is 13.2 Å². The van der Waals surface area contributed by atoms with Crippen molar-refractivity contribution in [3.8, 4) is 0 Å². The lowest BCUT2D eigenvalue weighted by Crippen LogP contribution is -2.32. The molecule has 2 aromatic rings. The average Bonchev–Trinajstić information content (AvgIpc) is 3.16. The molecule has 0 aromatic heterocycles. The standard InChI is InChI=1S/C22H20F3NO2/c1-12-10-11-16(21(27)28-2)18-13-7-5-8-14(13)20(26-19(12)18)15-6-3-4-9-17(15)22(23,24)25/h3-7,9-11,13-14,20,26H,8H2,1-2H3/t13-,14+,20+/m1/s1. The minimum atomic E-state index is -4.43. The number of nitrogens with one attached hydrogen (secondary N) is 1. The zero-order valence-corrected chi connectivity index (χ0v) is 15.5. The van der Waals surface area contributed by atoms with Crippen molar-refractivity contribution in [2.75, 3.05) is 12.4 Å². The Hall–Kier alpha value is -2.76. The first-order valence-electron chi connectivity index (χ1n) is 9.14. The van der Waals surface area contributed by atoms with Crippen LogP contribution < -0.4 is 5.32 Å². The van der Waals surface area contributed by atoms with Crippen molar-refractivity contribution in [3.63, 3.8) is 0 Å². The molecule has 0 bridgehead atoms. The Bertz CT molecular complexity index is 965. The molecular weight excluding hydrogens is 367 g/mol. The second kappa shape index (κ2) is 6.69. The Morgan fingerprint density at radius 1 is 1.18 bits per heavy atom. The highest BCUT2D eigenvalue weighted by molar-refractivity contribution is 5.94. The molecule has 2 aliphatic rings. The molecule has 146 valence electrons. The van der Waals surface area contributed by atoms with Crippen LogP contribution in [0.3, 0.4) is 0 Å². The van der Waals surface area contributed by atoms with Gasteiger partial charge in [-0.05, 0) is 48.1 Å². The maximum Gasteiger partial charge on any atom is 0.416 e. The van der Waals surface area contributed by atoms with E-state index in [0.29, 0.717) is 12.0 Å². The van der Waals surface area contributed by atoms with E-state index in [1.54, 1.807) is 24.3 Å². The number of fused-ring (bicyclic) bond motifs is 3. The second-order valence-electron chi connectivity index (χ2n) is 7.27. The van der Waals surface area contributed by atoms with Gasteiger partial charge in [-0.15, -0.1) is 0 Å². The molecule has 3 nitrogen and oxygen atoms in total. The first kappa shape index (κ1) is 18.6. The van der Waals surface area contributed by atoms with Gasteiger partial charge in [-0.1, -0.05) is 36.4 Å². The fourth-order valence-corrected chi connectivity index (χ4v) is 4.48. The van der Waals surface area contributed by atoms with Crippen molar-refractivity contribution >= 4 is 11.7 Å². The number of benzene rings is 2. The summed E-state index contributed by atoms with van der Waals surface area (Å²) in [5.74, 6) is -0.691. The lowest BCUT2D eigenvalue weighted by atomic mass is 9.74. The number of hydrogen-bond donors (Lipinski definition) is 1. The molecule has 0 amide bonds. The lowest BCUT2D eigenvalue weighted by molar-refractivity contribution is -0.138. The van der Waals surface area contributed by atoms with Crippen LogP contribution in [-0.4, -0.2) is 13.1 Å². The minimum absolute atomic E-state index is 0.110. The van der Waals surface area contributed by atoms with Crippen molar-refractivity contribution in [2.45, 2.75) is 31.5 Å². The van der Waals surface area contributed by atoms with Crippen LogP contribution in [0.25, 0.3) is 0 Å². The van der Waals surface area contributed by atoms with Crippen LogP contribution in [0, 0.1) is 12.8 Å². The number of hydrogen-bond acceptors (Lipinski definition) is 3. The number of allylic oxidation sites excluding steroid dienone is 2. The molecule has 1 aliphatic heterocycles. The number of carbonyl (C=O) groups is 1. The SMILES string of the molecule is COC(=O)c1ccc(C)c2c1[C@@H]1C=CC[C@@H]1[C@@H](c1ccccc1C(F)(F)F)N2. The molecular formula is C22H20F3NO2. The molecule has 0 fully saturated rings. The number of carbonyl (C=O) groups excluding carboxylic acids is 1. The van der Waals surface area contributed by atoms with E-state index in [4.69, 9.17) is 4.74 Å². The maximum atomic E-state index is 13.6. The van der Waals surface area contributed by atoms with Gasteiger partial charge in [-0.2, -0.15) is 13.2 Å². The van der Waals surface area contributed by atoms with E-state index in [1.807, 2.05) is 19.1 Å². The Balaban J connectivity index is 1.89. The van der Waals surface area contributed by atoms with Crippen LogP contribution >= 0.6 is 0 Å². The average molecular weight is 387 g/mol. The summed E-state index contributed by atoms with van der Waals surface area (Å²) in [6.45, 7) is 1.89. The highest BCUT2D eigenvalue weighted by Crippen LogP contribution is 2.53. The molecule has 0 saturated carbocycles. The maximum absolute atomic E-state index is 13.6. The van der Waals surface area contributed by atoms with E-state index in [0.717, 1.165) is 22.9 Å². The van der Waals surface area contributed by atoms with Gasteiger partial charge in [0.2, 0.25) is 0 Å². The first-order valence-corrected chi connectivity index (χ1v) is 9.14. The van der Waals surface area contributed by atoms with E-state index in [-0.39, 0.29) is 17.4 Å². The Morgan fingerprint density at radius 2 is 1.93 bits per heavy atom. The van der Waals surface area contributed by atoms with Crippen molar-refractivity contribution in [1.29, 1.82) is 0 Å². The summed E-state index contributed by atoms with van der Waals surface area (Å²) >= 11 is 0. The van der Waals surface area contributed by atoms with Crippen molar-refractivity contribution in [1.82, 2.24) is 0 Å². The van der Waals surface area contributed by atoms with E-state index < -0.39 is 23.8 Å². The Morgan fingerprint density at radius 3 is 2.64 bits per heavy atom. The smallest absolute Gasteiger partial charge is 0.416 e. The van der Waals surface area contributed by atoms with Gasteiger partial charge in [-0.3, -0.25) is 0 Å². The molecule has 3 atom stereocenters. The molecule has 1 aliphatic carbocycles. The summed E-state index contributed by atoms with van der Waals surface area (Å²) < 4.78 is 45.8. The summed E-state index contributed by atoms with van der Waals surface area (Å²) in [5.41, 5.74) is 2.49. The van der Waals surface area contributed by atoms with Crippen molar-refractivity contribution in [3.05, 3.63) is 76.4 Å². The fraction of sp³-hybridized carbons (Fsp3) is 0.318. The molecule has 0 saturated heterocycles. The highest BCUT2D eigenvalue weighted by Gasteiger charge is 2.44. The molecule has 0 unspecified atom stereocenters. The number of anilines is 1. The number of alkyl halides is 3. The van der Waals surface area contributed by atoms with Gasteiger partial charge in [0.25, 0.3) is 0 Å². The van der Waals surface area contributed by atoms with Crippen LogP contribution in [0.2, 0.25) is 0 Å². The Labute approximate surface area is 161 Å². The lowest BCUT2D eigenvalue weighted by Gasteiger charge is -2.39. The predicted octanol–water partition coefficient (Wildman–Crippen LogP) is 5.63. The molecule has 4 rings (SSSR count). The summed E-state index contributed by atoms with van der Waals surface area (Å²) in [7, 11) is 1.33. The van der Waals surface area contributed by atoms with Gasteiger partial charge in [0, 0.05) is 11.6 Å². The third kappa shape index (κ3) is 2.87. The third-order valence-electron chi connectivity index (χ3n) is 5.73. The Kier molecular flexibility index (Phi) is 4.44. The summed E-state index contributed by atoms with van der Waals surface area (Å²) in [4.78, 5) is 12.3. The molecule has 0 radical (unpaired) electrons. The summed E-state index contributed by atoms with van der Waals surface area (Å²) in [6, 6.07) is 8.74. The van der Waals surface area contributed by atoms with E-state index in [9.17, 15) is 18.0 Å². The normalized spacial score (nSPS) is 23.0. The number of halogens is 3. The van der Waals surface area contributed by atoms with Crippen LogP contribution in [0.5, 0.6) is 0 Å². The topological polar surface area (TPSA) is 38.3 Å². The second-order valence-corrected chi connectivity index (χ2v) is 7.27. The molecule has 28 heavy (non-hydrogen) atoms. The van der Waals surface area contributed by atoms with E-state index >= 15 is 0 Å². The van der Waals surface area contributed by atoms with Gasteiger partial charge in [0.15, 0.2) is 0 Å². The quantitative estimate of drug-likeness (QED) is 0.536. The first-order chi connectivity index (χ1) is 13.3. The van der Waals surface area contributed by atoms with Crippen LogP contribution in [0.1, 0.15) is 51.0 Å². The molecule has 2 aromatic carbocycles. The summed E-state index contributed by atoms with van der Waals surface area (Å²) in [5, 5.41) is 3.34. The predicted molar refractivity (Wildman–Crippen MR) is 100 cm³/mol. The van der Waals surface area contributed by atoms with Gasteiger partial charge in [0.05, 0.1) is 24.3 Å². The zero-order valence-electron chi connectivity index (χ0n) is 15.5. The van der Waals surface area contributed by atoms with E-state index in [2.05, 4.69) is 5.32 Å². The largest absolute Gasteiger partial charge is 0.465 e. The molecule has 0 spiro atoms. The number of esters is 1. The molecule has 6 heteroatoms. The van der Waals surface area contributed by atoms with Crippen LogP contribution in [0.4, 0.5) is 18.9 Å². The van der Waals surface area contributed by atoms with Crippen molar-refractivity contribution < 1.29 is 22.7 Å². The molecule has 1 heterocycles. The summed E-state index contributed by atoms with van der Waals surface area (Å²) in [6.07, 6.45) is 0.198.